The van der Waals surface area contributed by atoms with Crippen molar-refractivity contribution in [2.24, 2.45) is 5.92 Å². The first kappa shape index (κ1) is 18.2. The Bertz CT molecular complexity index is 923. The largest absolute Gasteiger partial charge is 0.479 e. The van der Waals surface area contributed by atoms with Gasteiger partial charge in [-0.1, -0.05) is 0 Å². The summed E-state index contributed by atoms with van der Waals surface area (Å²) in [5, 5.41) is 7.90. The van der Waals surface area contributed by atoms with Gasteiger partial charge in [-0.15, -0.1) is 0 Å². The number of hydrogen-bond acceptors (Lipinski definition) is 8. The zero-order valence-electron chi connectivity index (χ0n) is 15.9. The summed E-state index contributed by atoms with van der Waals surface area (Å²) in [5.41, 5.74) is 6.98. The fraction of sp³-hybridized carbons (Fsp3) is 0.400. The number of nitrogens with zero attached hydrogens (tertiary/aromatic N) is 4. The van der Waals surface area contributed by atoms with E-state index in [9.17, 15) is 0 Å². The smallest absolute Gasteiger partial charge is 0.240 e. The van der Waals surface area contributed by atoms with E-state index in [1.165, 1.54) is 0 Å². The number of nitrogens with two attached hydrogens (primary N) is 1. The molecule has 0 aliphatic heterocycles. The van der Waals surface area contributed by atoms with Gasteiger partial charge in [0, 0.05) is 24.2 Å². The minimum atomic E-state index is 0.427. The van der Waals surface area contributed by atoms with E-state index in [-0.39, 0.29) is 0 Å². The molecule has 0 atom stereocenters. The lowest BCUT2D eigenvalue weighted by Crippen LogP contribution is -2.29. The Balaban J connectivity index is 1.30. The van der Waals surface area contributed by atoms with E-state index in [1.807, 2.05) is 12.1 Å². The SMILES string of the molecule is COc1nccc2ccc(NC3CCC(CNc4ncc(N)cn4)CC3)nc12. The van der Waals surface area contributed by atoms with Gasteiger partial charge in [-0.2, -0.15) is 0 Å². The molecule has 4 N–H and O–H groups in total. The van der Waals surface area contributed by atoms with E-state index in [0.717, 1.165) is 48.9 Å². The van der Waals surface area contributed by atoms with Gasteiger partial charge in [0.2, 0.25) is 11.8 Å². The number of pyridine rings is 2. The van der Waals surface area contributed by atoms with Crippen molar-refractivity contribution < 1.29 is 4.74 Å². The molecule has 3 aromatic heterocycles. The highest BCUT2D eigenvalue weighted by Crippen LogP contribution is 2.28. The summed E-state index contributed by atoms with van der Waals surface area (Å²) in [7, 11) is 1.62. The van der Waals surface area contributed by atoms with E-state index in [1.54, 1.807) is 25.7 Å². The molecule has 0 aromatic carbocycles. The van der Waals surface area contributed by atoms with E-state index in [4.69, 9.17) is 15.5 Å². The number of hydrogen-bond donors (Lipinski definition) is 3. The Hall–Kier alpha value is -3.16. The lowest BCUT2D eigenvalue weighted by molar-refractivity contribution is 0.350. The van der Waals surface area contributed by atoms with Crippen LogP contribution in [-0.2, 0) is 0 Å². The molecule has 0 saturated heterocycles. The molecule has 1 aliphatic rings. The van der Waals surface area contributed by atoms with Crippen molar-refractivity contribution in [1.82, 2.24) is 19.9 Å². The van der Waals surface area contributed by atoms with Crippen molar-refractivity contribution in [3.05, 3.63) is 36.8 Å². The third-order valence-electron chi connectivity index (χ3n) is 5.19. The molecule has 1 fully saturated rings. The maximum absolute atomic E-state index is 5.62. The van der Waals surface area contributed by atoms with Crippen LogP contribution in [0.4, 0.5) is 17.5 Å². The minimum Gasteiger partial charge on any atom is -0.479 e. The number of methoxy groups -OCH3 is 1. The zero-order valence-corrected chi connectivity index (χ0v) is 15.9. The monoisotopic (exact) mass is 379 g/mol. The van der Waals surface area contributed by atoms with E-state index in [0.29, 0.717) is 29.5 Å². The number of anilines is 3. The average molecular weight is 379 g/mol. The third-order valence-corrected chi connectivity index (χ3v) is 5.19. The number of rotatable bonds is 6. The molecular weight excluding hydrogens is 354 g/mol. The molecule has 4 rings (SSSR count). The molecule has 1 saturated carbocycles. The fourth-order valence-corrected chi connectivity index (χ4v) is 3.64. The fourth-order valence-electron chi connectivity index (χ4n) is 3.64. The van der Waals surface area contributed by atoms with Gasteiger partial charge >= 0.3 is 0 Å². The molecule has 146 valence electrons. The number of nitrogens with one attached hydrogen (secondary N) is 2. The van der Waals surface area contributed by atoms with Gasteiger partial charge in [0.1, 0.15) is 11.3 Å². The second kappa shape index (κ2) is 8.24. The van der Waals surface area contributed by atoms with E-state index >= 15 is 0 Å². The van der Waals surface area contributed by atoms with Gasteiger partial charge < -0.3 is 21.1 Å². The standard InChI is InChI=1S/C20H25N7O/c1-28-19-18-14(8-9-22-19)4-7-17(27-18)26-16-5-2-13(3-6-16)10-23-20-24-11-15(21)12-25-20/h4,7-9,11-13,16H,2-3,5-6,10,21H2,1H3,(H,26,27)(H,23,24,25). The summed E-state index contributed by atoms with van der Waals surface area (Å²) in [5.74, 6) is 2.68. The number of ether oxygens (including phenoxy) is 1. The molecule has 8 nitrogen and oxygen atoms in total. The zero-order chi connectivity index (χ0) is 19.3. The van der Waals surface area contributed by atoms with Crippen molar-refractivity contribution in [1.29, 1.82) is 0 Å². The predicted octanol–water partition coefficient (Wildman–Crippen LogP) is 3.09. The van der Waals surface area contributed by atoms with Crippen molar-refractivity contribution >= 4 is 28.4 Å². The van der Waals surface area contributed by atoms with Crippen LogP contribution in [0.3, 0.4) is 0 Å². The Morgan fingerprint density at radius 1 is 1.07 bits per heavy atom. The van der Waals surface area contributed by atoms with Crippen LogP contribution in [0, 0.1) is 5.92 Å². The molecule has 0 unspecified atom stereocenters. The van der Waals surface area contributed by atoms with Crippen molar-refractivity contribution in [3.8, 4) is 5.88 Å². The first-order valence-electron chi connectivity index (χ1n) is 9.59. The van der Waals surface area contributed by atoms with Crippen LogP contribution >= 0.6 is 0 Å². The summed E-state index contributed by atoms with van der Waals surface area (Å²) in [4.78, 5) is 17.3. The molecule has 1 aliphatic carbocycles. The minimum absolute atomic E-state index is 0.427. The number of aromatic nitrogens is 4. The molecule has 28 heavy (non-hydrogen) atoms. The van der Waals surface area contributed by atoms with Crippen LogP contribution in [0.15, 0.2) is 36.8 Å². The van der Waals surface area contributed by atoms with E-state index in [2.05, 4.69) is 31.7 Å². The topological polar surface area (TPSA) is 111 Å². The van der Waals surface area contributed by atoms with Gasteiger partial charge in [0.15, 0.2) is 0 Å². The van der Waals surface area contributed by atoms with Crippen LogP contribution in [-0.4, -0.2) is 39.6 Å². The second-order valence-corrected chi connectivity index (χ2v) is 7.17. The maximum atomic E-state index is 5.62. The highest BCUT2D eigenvalue weighted by molar-refractivity contribution is 5.84. The average Bonchev–Trinajstić information content (AvgIpc) is 2.74. The second-order valence-electron chi connectivity index (χ2n) is 7.17. The van der Waals surface area contributed by atoms with Gasteiger partial charge in [0.25, 0.3) is 0 Å². The molecule has 0 spiro atoms. The molecule has 3 aromatic rings. The van der Waals surface area contributed by atoms with Gasteiger partial charge in [-0.05, 0) is 49.8 Å². The lowest BCUT2D eigenvalue weighted by Gasteiger charge is -2.29. The summed E-state index contributed by atoms with van der Waals surface area (Å²) in [6.45, 7) is 0.883. The normalized spacial score (nSPS) is 19.3. The molecule has 0 amide bonds. The van der Waals surface area contributed by atoms with Gasteiger partial charge in [0.05, 0.1) is 25.2 Å². The van der Waals surface area contributed by atoms with Crippen LogP contribution in [0.2, 0.25) is 0 Å². The van der Waals surface area contributed by atoms with Crippen molar-refractivity contribution in [2.75, 3.05) is 30.0 Å². The number of fused-ring (bicyclic) bond motifs is 1. The Morgan fingerprint density at radius 2 is 1.86 bits per heavy atom. The molecule has 8 heteroatoms. The summed E-state index contributed by atoms with van der Waals surface area (Å²) in [6, 6.07) is 6.44. The lowest BCUT2D eigenvalue weighted by atomic mass is 9.86. The summed E-state index contributed by atoms with van der Waals surface area (Å²) < 4.78 is 5.33. The molecule has 0 bridgehead atoms. The quantitative estimate of drug-likeness (QED) is 0.599. The van der Waals surface area contributed by atoms with Crippen molar-refractivity contribution in [3.63, 3.8) is 0 Å². The van der Waals surface area contributed by atoms with Gasteiger partial charge in [-0.25, -0.2) is 19.9 Å². The maximum Gasteiger partial charge on any atom is 0.240 e. The Labute approximate surface area is 164 Å². The highest BCUT2D eigenvalue weighted by Gasteiger charge is 2.21. The highest BCUT2D eigenvalue weighted by atomic mass is 16.5. The van der Waals surface area contributed by atoms with E-state index < -0.39 is 0 Å². The Kier molecular flexibility index (Phi) is 5.36. The van der Waals surface area contributed by atoms with Crippen LogP contribution in [0.1, 0.15) is 25.7 Å². The first-order chi connectivity index (χ1) is 13.7. The van der Waals surface area contributed by atoms with Crippen LogP contribution in [0.25, 0.3) is 10.9 Å². The summed E-state index contributed by atoms with van der Waals surface area (Å²) >= 11 is 0. The van der Waals surface area contributed by atoms with Crippen LogP contribution in [0.5, 0.6) is 5.88 Å². The third kappa shape index (κ3) is 4.21. The first-order valence-corrected chi connectivity index (χ1v) is 9.59. The van der Waals surface area contributed by atoms with Crippen molar-refractivity contribution in [2.45, 2.75) is 31.7 Å². The summed E-state index contributed by atoms with van der Waals surface area (Å²) in [6.07, 6.45) is 9.50. The Morgan fingerprint density at radius 3 is 2.61 bits per heavy atom. The molecule has 0 radical (unpaired) electrons. The molecule has 3 heterocycles. The van der Waals surface area contributed by atoms with Crippen LogP contribution < -0.4 is 21.1 Å². The predicted molar refractivity (Wildman–Crippen MR) is 110 cm³/mol. The van der Waals surface area contributed by atoms with Gasteiger partial charge in [-0.3, -0.25) is 0 Å². The molecular formula is C20H25N7O. The number of nitrogen functional groups attached to an aromatic ring is 1.